The first-order chi connectivity index (χ1) is 18.1. The topological polar surface area (TPSA) is 71.1 Å². The van der Waals surface area contributed by atoms with Crippen LogP contribution in [0.2, 0.25) is 0 Å². The molecule has 2 aromatic rings. The lowest BCUT2D eigenvalue weighted by Gasteiger charge is -2.32. The molecule has 0 bridgehead atoms. The van der Waals surface area contributed by atoms with E-state index in [0.29, 0.717) is 17.5 Å². The molecular weight excluding hydrogens is 470 g/mol. The number of aromatic nitrogens is 2. The number of ether oxygens (including phenoxy) is 1. The lowest BCUT2D eigenvalue weighted by atomic mass is 9.81. The number of nitrogens with zero attached hydrogens (tertiary/aromatic N) is 2. The quantitative estimate of drug-likeness (QED) is 0.337. The minimum atomic E-state index is -0.0203. The molecular formula is C32H37N5O. The summed E-state index contributed by atoms with van der Waals surface area (Å²) in [5, 5.41) is 10.3. The predicted molar refractivity (Wildman–Crippen MR) is 158 cm³/mol. The Balaban J connectivity index is 1.63. The van der Waals surface area contributed by atoms with E-state index in [0.717, 1.165) is 34.1 Å². The summed E-state index contributed by atoms with van der Waals surface area (Å²) in [5.41, 5.74) is 9.03. The van der Waals surface area contributed by atoms with Gasteiger partial charge in [0.15, 0.2) is 5.82 Å². The molecule has 3 N–H and O–H groups in total. The van der Waals surface area contributed by atoms with E-state index >= 15 is 0 Å². The van der Waals surface area contributed by atoms with Crippen LogP contribution in [0.4, 0.5) is 11.4 Å². The zero-order valence-electron chi connectivity index (χ0n) is 23.1. The summed E-state index contributed by atoms with van der Waals surface area (Å²) in [6, 6.07) is 6.19. The number of rotatable bonds is 8. The number of hydrogen-bond donors (Lipinski definition) is 3. The highest BCUT2D eigenvalue weighted by molar-refractivity contribution is 5.79. The Hall–Kier alpha value is -4.28. The number of benzene rings is 1. The smallest absolute Gasteiger partial charge is 0.222 e. The summed E-state index contributed by atoms with van der Waals surface area (Å²) in [6.45, 7) is 18.4. The van der Waals surface area contributed by atoms with E-state index in [1.807, 2.05) is 51.3 Å². The Morgan fingerprint density at radius 3 is 2.34 bits per heavy atom. The Kier molecular flexibility index (Phi) is 7.75. The van der Waals surface area contributed by atoms with Crippen LogP contribution in [0.1, 0.15) is 43.4 Å². The maximum Gasteiger partial charge on any atom is 0.222 e. The van der Waals surface area contributed by atoms with Gasteiger partial charge >= 0.3 is 0 Å². The number of allylic oxidation sites excluding steroid dienone is 6. The van der Waals surface area contributed by atoms with Gasteiger partial charge in [0.25, 0.3) is 0 Å². The van der Waals surface area contributed by atoms with Gasteiger partial charge in [0, 0.05) is 53.3 Å². The summed E-state index contributed by atoms with van der Waals surface area (Å²) in [5.74, 6) is 2.82. The lowest BCUT2D eigenvalue weighted by molar-refractivity contribution is 0.329. The second-order valence-corrected chi connectivity index (χ2v) is 10.5. The van der Waals surface area contributed by atoms with E-state index < -0.39 is 0 Å². The van der Waals surface area contributed by atoms with Gasteiger partial charge in [-0.05, 0) is 49.1 Å². The van der Waals surface area contributed by atoms with E-state index in [9.17, 15) is 0 Å². The molecule has 0 radical (unpaired) electrons. The third-order valence-electron chi connectivity index (χ3n) is 6.64. The van der Waals surface area contributed by atoms with E-state index in [4.69, 9.17) is 4.74 Å². The average molecular weight is 508 g/mol. The van der Waals surface area contributed by atoms with Crippen molar-refractivity contribution in [3.05, 3.63) is 113 Å². The van der Waals surface area contributed by atoms with Crippen molar-refractivity contribution in [1.82, 2.24) is 15.3 Å². The van der Waals surface area contributed by atoms with Crippen molar-refractivity contribution in [3.8, 4) is 5.88 Å². The second kappa shape index (κ2) is 11.0. The van der Waals surface area contributed by atoms with Crippen molar-refractivity contribution in [3.63, 3.8) is 0 Å². The molecule has 0 amide bonds. The van der Waals surface area contributed by atoms with Crippen LogP contribution < -0.4 is 20.7 Å². The van der Waals surface area contributed by atoms with Crippen LogP contribution in [-0.2, 0) is 5.41 Å². The van der Waals surface area contributed by atoms with Crippen molar-refractivity contribution in [2.45, 2.75) is 40.0 Å². The number of aryl methyl sites for hydroxylation is 2. The minimum Gasteiger partial charge on any atom is -0.443 e. The van der Waals surface area contributed by atoms with Crippen LogP contribution in [0, 0.1) is 25.7 Å². The molecule has 0 aliphatic heterocycles. The molecule has 1 aromatic heterocycles. The van der Waals surface area contributed by atoms with Crippen molar-refractivity contribution in [2.75, 3.05) is 17.7 Å². The molecule has 0 saturated heterocycles. The van der Waals surface area contributed by atoms with Gasteiger partial charge in [-0.15, -0.1) is 0 Å². The van der Waals surface area contributed by atoms with Gasteiger partial charge in [-0.2, -0.15) is 4.98 Å². The van der Waals surface area contributed by atoms with Gasteiger partial charge in [-0.1, -0.05) is 70.0 Å². The average Bonchev–Trinajstić information content (AvgIpc) is 2.87. The Labute approximate surface area is 226 Å². The molecule has 2 atom stereocenters. The predicted octanol–water partition coefficient (Wildman–Crippen LogP) is 6.92. The van der Waals surface area contributed by atoms with Gasteiger partial charge in [0.1, 0.15) is 11.6 Å². The number of nitrogens with one attached hydrogen (secondary N) is 3. The Morgan fingerprint density at radius 1 is 1.00 bits per heavy atom. The first-order valence-corrected chi connectivity index (χ1v) is 12.8. The highest BCUT2D eigenvalue weighted by Crippen LogP contribution is 2.37. The van der Waals surface area contributed by atoms with Crippen LogP contribution >= 0.6 is 0 Å². The Morgan fingerprint density at radius 2 is 1.71 bits per heavy atom. The second-order valence-electron chi connectivity index (χ2n) is 10.5. The number of anilines is 2. The third kappa shape index (κ3) is 5.82. The van der Waals surface area contributed by atoms with Crippen molar-refractivity contribution < 1.29 is 4.74 Å². The van der Waals surface area contributed by atoms with Crippen LogP contribution in [0.25, 0.3) is 6.08 Å². The Bertz CT molecular complexity index is 1390. The molecule has 196 valence electrons. The maximum absolute atomic E-state index is 6.25. The van der Waals surface area contributed by atoms with Gasteiger partial charge in [0.2, 0.25) is 5.88 Å². The first kappa shape index (κ1) is 26.8. The van der Waals surface area contributed by atoms with Crippen LogP contribution in [-0.4, -0.2) is 17.0 Å². The zero-order chi connectivity index (χ0) is 27.4. The summed E-state index contributed by atoms with van der Waals surface area (Å²) < 4.78 is 6.25. The van der Waals surface area contributed by atoms with Gasteiger partial charge in [-0.25, -0.2) is 4.98 Å². The molecule has 38 heavy (non-hydrogen) atoms. The summed E-state index contributed by atoms with van der Waals surface area (Å²) in [6.07, 6.45) is 14.3. The number of fused-ring (bicyclic) bond motifs is 1. The van der Waals surface area contributed by atoms with Crippen molar-refractivity contribution in [2.24, 2.45) is 11.8 Å². The van der Waals surface area contributed by atoms with E-state index in [1.165, 1.54) is 5.56 Å². The molecule has 4 rings (SSSR count). The molecule has 0 fully saturated rings. The monoisotopic (exact) mass is 507 g/mol. The SMILES string of the molecule is C=C=C(NC1=CC=C(Oc2cc(C)nc(C)n2)C2C=CC=CC12)Nc1cc(C(C)(C)C)cc(NC)c1C=C. The molecule has 1 heterocycles. The summed E-state index contributed by atoms with van der Waals surface area (Å²) in [4.78, 5) is 8.80. The highest BCUT2D eigenvalue weighted by atomic mass is 16.5. The highest BCUT2D eigenvalue weighted by Gasteiger charge is 2.31. The van der Waals surface area contributed by atoms with Gasteiger partial charge < -0.3 is 20.7 Å². The molecule has 6 nitrogen and oxygen atoms in total. The van der Waals surface area contributed by atoms with E-state index in [1.54, 1.807) is 0 Å². The van der Waals surface area contributed by atoms with Crippen molar-refractivity contribution >= 4 is 17.5 Å². The summed E-state index contributed by atoms with van der Waals surface area (Å²) in [7, 11) is 1.92. The molecule has 1 aromatic carbocycles. The van der Waals surface area contributed by atoms with Crippen LogP contribution in [0.5, 0.6) is 5.88 Å². The maximum atomic E-state index is 6.25. The largest absolute Gasteiger partial charge is 0.443 e. The molecule has 0 spiro atoms. The molecule has 6 heteroatoms. The first-order valence-electron chi connectivity index (χ1n) is 12.8. The van der Waals surface area contributed by atoms with Crippen LogP contribution in [0.15, 0.2) is 90.8 Å². The standard InChI is InChI=1S/C32H37N5O/c1-9-23-27(33-8)18-22(32(5,6)7)19-28(23)37-30(10-2)36-26-15-16-29(25-14-12-11-13-24(25)26)38-31-17-20(3)34-21(4)35-31/h9,11-19,24-25,33,36-37H,1-2H2,3-8H3. The molecule has 2 aliphatic carbocycles. The minimum absolute atomic E-state index is 0.0203. The van der Waals surface area contributed by atoms with Crippen molar-refractivity contribution in [1.29, 1.82) is 0 Å². The fourth-order valence-electron chi connectivity index (χ4n) is 4.67. The molecule has 2 unspecified atom stereocenters. The van der Waals surface area contributed by atoms with Gasteiger partial charge in [-0.3, -0.25) is 0 Å². The summed E-state index contributed by atoms with van der Waals surface area (Å²) >= 11 is 0. The normalized spacial score (nSPS) is 17.9. The molecule has 0 saturated carbocycles. The van der Waals surface area contributed by atoms with Gasteiger partial charge in [0.05, 0.1) is 0 Å². The number of hydrogen-bond acceptors (Lipinski definition) is 6. The van der Waals surface area contributed by atoms with Crippen LogP contribution in [0.3, 0.4) is 0 Å². The van der Waals surface area contributed by atoms with E-state index in [2.05, 4.69) is 95.9 Å². The van der Waals surface area contributed by atoms with E-state index in [-0.39, 0.29) is 17.3 Å². The molecule has 2 aliphatic rings. The lowest BCUT2D eigenvalue weighted by Crippen LogP contribution is -2.31. The fraction of sp³-hybridized carbons (Fsp3) is 0.281. The fourth-order valence-corrected chi connectivity index (χ4v) is 4.67. The zero-order valence-corrected chi connectivity index (χ0v) is 23.1. The third-order valence-corrected chi connectivity index (χ3v) is 6.64.